The van der Waals surface area contributed by atoms with E-state index in [1.165, 1.54) is 0 Å². The van der Waals surface area contributed by atoms with Crippen LogP contribution in [-0.4, -0.2) is 49.4 Å². The van der Waals surface area contributed by atoms with E-state index in [2.05, 4.69) is 17.4 Å². The summed E-state index contributed by atoms with van der Waals surface area (Å²) >= 11 is 0. The number of rotatable bonds is 7. The number of carbonyl (C=O) groups is 1. The molecule has 1 saturated carbocycles. The lowest BCUT2D eigenvalue weighted by atomic mass is 9.76. The molecular weight excluding hydrogens is 262 g/mol. The number of oxime groups is 1. The quantitative estimate of drug-likeness (QED) is 0.207. The van der Waals surface area contributed by atoms with Crippen molar-refractivity contribution >= 4 is 11.7 Å². The maximum atomic E-state index is 11.9. The minimum atomic E-state index is -0.747. The Kier molecular flexibility index (Phi) is 6.74. The van der Waals surface area contributed by atoms with E-state index < -0.39 is 5.54 Å². The summed E-state index contributed by atoms with van der Waals surface area (Å²) in [6.07, 6.45) is 3.21. The first kappa shape index (κ1) is 16.7. The molecule has 0 bridgehead atoms. The van der Waals surface area contributed by atoms with Crippen molar-refractivity contribution in [2.75, 3.05) is 26.9 Å². The van der Waals surface area contributed by atoms with Gasteiger partial charge >= 0.3 is 0 Å². The summed E-state index contributed by atoms with van der Waals surface area (Å²) in [5.74, 6) is 0.390. The van der Waals surface area contributed by atoms with Crippen molar-refractivity contribution in [2.24, 2.45) is 16.8 Å². The summed E-state index contributed by atoms with van der Waals surface area (Å²) in [4.78, 5) is 11.9. The van der Waals surface area contributed by atoms with E-state index in [1.807, 2.05) is 0 Å². The number of hydrogen-bond donors (Lipinski definition) is 3. The third-order valence-corrected chi connectivity index (χ3v) is 3.77. The minimum Gasteiger partial charge on any atom is -0.409 e. The molecule has 1 rings (SSSR count). The zero-order valence-corrected chi connectivity index (χ0v) is 12.2. The number of amidine groups is 1. The highest BCUT2D eigenvalue weighted by Gasteiger charge is 2.39. The molecular formula is C13H25N3O4. The summed E-state index contributed by atoms with van der Waals surface area (Å²) in [5.41, 5.74) is 5.03. The number of nitrogens with zero attached hydrogens (tertiary/aromatic N) is 1. The molecule has 20 heavy (non-hydrogen) atoms. The second-order valence-electron chi connectivity index (χ2n) is 5.34. The van der Waals surface area contributed by atoms with Crippen LogP contribution >= 0.6 is 0 Å². The summed E-state index contributed by atoms with van der Waals surface area (Å²) in [5, 5.41) is 14.9. The highest BCUT2D eigenvalue weighted by atomic mass is 16.5. The summed E-state index contributed by atoms with van der Waals surface area (Å²) in [6, 6.07) is 0. The predicted molar refractivity (Wildman–Crippen MR) is 74.6 cm³/mol. The van der Waals surface area contributed by atoms with Gasteiger partial charge in [0.05, 0.1) is 13.2 Å². The maximum absolute atomic E-state index is 11.9. The smallest absolute Gasteiger partial charge is 0.246 e. The molecule has 1 aliphatic carbocycles. The van der Waals surface area contributed by atoms with Crippen molar-refractivity contribution in [3.05, 3.63) is 0 Å². The molecule has 1 fully saturated rings. The summed E-state index contributed by atoms with van der Waals surface area (Å²) in [6.45, 7) is 2.90. The fourth-order valence-electron chi connectivity index (χ4n) is 2.41. The van der Waals surface area contributed by atoms with Crippen molar-refractivity contribution < 1.29 is 19.5 Å². The van der Waals surface area contributed by atoms with E-state index in [4.69, 9.17) is 20.4 Å². The van der Waals surface area contributed by atoms with E-state index in [9.17, 15) is 4.79 Å². The number of ether oxygens (including phenoxy) is 2. The molecule has 0 unspecified atom stereocenters. The molecule has 1 amide bonds. The van der Waals surface area contributed by atoms with Gasteiger partial charge in [0.15, 0.2) is 5.84 Å². The van der Waals surface area contributed by atoms with Crippen LogP contribution in [0, 0.1) is 5.92 Å². The first-order chi connectivity index (χ1) is 9.54. The average Bonchev–Trinajstić information content (AvgIpc) is 2.45. The number of carbonyl (C=O) groups excluding carboxylic acids is 1. The molecule has 116 valence electrons. The Balaban J connectivity index is 2.55. The molecule has 0 radical (unpaired) electrons. The Morgan fingerprint density at radius 2 is 2.10 bits per heavy atom. The van der Waals surface area contributed by atoms with Crippen molar-refractivity contribution in [2.45, 2.75) is 38.1 Å². The van der Waals surface area contributed by atoms with Crippen LogP contribution in [-0.2, 0) is 14.3 Å². The van der Waals surface area contributed by atoms with Gasteiger partial charge in [-0.1, -0.05) is 12.1 Å². The topological polar surface area (TPSA) is 106 Å². The summed E-state index contributed by atoms with van der Waals surface area (Å²) in [7, 11) is 1.57. The molecule has 1 aliphatic rings. The number of hydrogen-bond acceptors (Lipinski definition) is 5. The van der Waals surface area contributed by atoms with E-state index >= 15 is 0 Å². The first-order valence-corrected chi connectivity index (χ1v) is 6.90. The number of nitrogens with two attached hydrogens (primary N) is 1. The minimum absolute atomic E-state index is 0.0562. The van der Waals surface area contributed by atoms with Crippen LogP contribution in [0.2, 0.25) is 0 Å². The second-order valence-corrected chi connectivity index (χ2v) is 5.34. The third-order valence-electron chi connectivity index (χ3n) is 3.77. The van der Waals surface area contributed by atoms with E-state index in [1.54, 1.807) is 7.11 Å². The molecule has 0 heterocycles. The van der Waals surface area contributed by atoms with E-state index in [0.717, 1.165) is 12.8 Å². The van der Waals surface area contributed by atoms with Crippen LogP contribution in [0.5, 0.6) is 0 Å². The van der Waals surface area contributed by atoms with Gasteiger partial charge in [-0.05, 0) is 31.6 Å². The Bertz CT molecular complexity index is 339. The van der Waals surface area contributed by atoms with Crippen LogP contribution < -0.4 is 11.1 Å². The molecule has 7 heteroatoms. The van der Waals surface area contributed by atoms with Crippen LogP contribution in [0.4, 0.5) is 0 Å². The highest BCUT2D eigenvalue weighted by Crippen LogP contribution is 2.32. The monoisotopic (exact) mass is 287 g/mol. The molecule has 0 saturated heterocycles. The Labute approximate surface area is 119 Å². The molecule has 0 aliphatic heterocycles. The van der Waals surface area contributed by atoms with Gasteiger partial charge in [-0.15, -0.1) is 0 Å². The van der Waals surface area contributed by atoms with Gasteiger partial charge in [0, 0.05) is 7.11 Å². The largest absolute Gasteiger partial charge is 0.409 e. The van der Waals surface area contributed by atoms with Gasteiger partial charge in [-0.25, -0.2) is 0 Å². The maximum Gasteiger partial charge on any atom is 0.246 e. The van der Waals surface area contributed by atoms with Crippen molar-refractivity contribution in [1.82, 2.24) is 5.32 Å². The number of amides is 1. The van der Waals surface area contributed by atoms with E-state index in [0.29, 0.717) is 32.0 Å². The predicted octanol–water partition coefficient (Wildman–Crippen LogP) is 0.461. The molecule has 0 atom stereocenters. The van der Waals surface area contributed by atoms with Crippen molar-refractivity contribution in [1.29, 1.82) is 0 Å². The lowest BCUT2D eigenvalue weighted by molar-refractivity contribution is -0.127. The molecule has 0 aromatic rings. The van der Waals surface area contributed by atoms with Crippen LogP contribution in [0.15, 0.2) is 5.16 Å². The summed E-state index contributed by atoms with van der Waals surface area (Å²) < 4.78 is 10.0. The highest BCUT2D eigenvalue weighted by molar-refractivity contribution is 5.94. The Morgan fingerprint density at radius 1 is 1.45 bits per heavy atom. The molecule has 0 aromatic carbocycles. The van der Waals surface area contributed by atoms with Gasteiger partial charge in [0.2, 0.25) is 5.91 Å². The molecule has 0 aromatic heterocycles. The zero-order valence-electron chi connectivity index (χ0n) is 12.2. The van der Waals surface area contributed by atoms with Gasteiger partial charge in [0.1, 0.15) is 12.1 Å². The van der Waals surface area contributed by atoms with E-state index in [-0.39, 0.29) is 18.3 Å². The van der Waals surface area contributed by atoms with Crippen molar-refractivity contribution in [3.63, 3.8) is 0 Å². The van der Waals surface area contributed by atoms with Gasteiger partial charge in [0.25, 0.3) is 0 Å². The lowest BCUT2D eigenvalue weighted by Gasteiger charge is -2.38. The Hall–Kier alpha value is -1.34. The normalized spacial score (nSPS) is 27.3. The fraction of sp³-hybridized carbons (Fsp3) is 0.846. The average molecular weight is 287 g/mol. The molecule has 0 spiro atoms. The lowest BCUT2D eigenvalue weighted by Crippen LogP contribution is -2.59. The SMILES string of the molecule is COCCOCC(=O)NC1(C(N)=NO)CCC(C)CC1. The van der Waals surface area contributed by atoms with Gasteiger partial charge in [-0.2, -0.15) is 0 Å². The number of nitrogens with one attached hydrogen (secondary N) is 1. The van der Waals surface area contributed by atoms with Gasteiger partial charge < -0.3 is 25.7 Å². The third kappa shape index (κ3) is 4.64. The van der Waals surface area contributed by atoms with Gasteiger partial charge in [-0.3, -0.25) is 4.79 Å². The molecule has 7 nitrogen and oxygen atoms in total. The standard InChI is InChI=1S/C13H25N3O4/c1-10-3-5-13(6-4-10,12(14)16-18)15-11(17)9-20-8-7-19-2/h10,18H,3-9H2,1-2H3,(H2,14,16)(H,15,17). The second kappa shape index (κ2) is 8.06. The first-order valence-electron chi connectivity index (χ1n) is 6.90. The van der Waals surface area contributed by atoms with Crippen LogP contribution in [0.1, 0.15) is 32.6 Å². The zero-order chi connectivity index (χ0) is 15.0. The molecule has 4 N–H and O–H groups in total. The fourth-order valence-corrected chi connectivity index (χ4v) is 2.41. The van der Waals surface area contributed by atoms with Crippen LogP contribution in [0.25, 0.3) is 0 Å². The Morgan fingerprint density at radius 3 is 2.65 bits per heavy atom. The number of methoxy groups -OCH3 is 1. The van der Waals surface area contributed by atoms with Crippen molar-refractivity contribution in [3.8, 4) is 0 Å². The van der Waals surface area contributed by atoms with Crippen LogP contribution in [0.3, 0.4) is 0 Å².